The van der Waals surface area contributed by atoms with Crippen LogP contribution in [0.3, 0.4) is 0 Å². The first kappa shape index (κ1) is 10.5. The normalized spacial score (nSPS) is 10.1. The summed E-state index contributed by atoms with van der Waals surface area (Å²) in [5, 5.41) is 0. The molecule has 0 aliphatic heterocycles. The van der Waals surface area contributed by atoms with Gasteiger partial charge in [-0.25, -0.2) is 0 Å². The van der Waals surface area contributed by atoms with Crippen LogP contribution >= 0.6 is 0 Å². The van der Waals surface area contributed by atoms with Crippen molar-refractivity contribution in [1.82, 2.24) is 4.98 Å². The largest absolute Gasteiger partial charge is 0.485 e. The van der Waals surface area contributed by atoms with Gasteiger partial charge in [-0.3, -0.25) is 4.98 Å². The molecule has 0 unspecified atom stereocenters. The number of ether oxygens (including phenoxy) is 1. The highest BCUT2D eigenvalue weighted by atomic mass is 16.5. The van der Waals surface area contributed by atoms with Crippen molar-refractivity contribution < 1.29 is 4.74 Å². The minimum Gasteiger partial charge on any atom is -0.485 e. The van der Waals surface area contributed by atoms with Crippen LogP contribution in [0.1, 0.15) is 11.3 Å². The molecule has 0 aliphatic rings. The second-order valence-electron chi connectivity index (χ2n) is 3.59. The Morgan fingerprint density at radius 2 is 2.00 bits per heavy atom. The third-order valence-corrected chi connectivity index (χ3v) is 2.40. The van der Waals surface area contributed by atoms with Crippen molar-refractivity contribution in [3.63, 3.8) is 0 Å². The summed E-state index contributed by atoms with van der Waals surface area (Å²) in [5.41, 5.74) is 8.48. The summed E-state index contributed by atoms with van der Waals surface area (Å²) in [6, 6.07) is 11.4. The van der Waals surface area contributed by atoms with Crippen molar-refractivity contribution >= 4 is 5.69 Å². The lowest BCUT2D eigenvalue weighted by molar-refractivity contribution is 0.302. The molecule has 0 aliphatic carbocycles. The van der Waals surface area contributed by atoms with E-state index in [9.17, 15) is 0 Å². The van der Waals surface area contributed by atoms with E-state index in [1.54, 1.807) is 6.20 Å². The van der Waals surface area contributed by atoms with E-state index in [1.165, 1.54) is 0 Å². The summed E-state index contributed by atoms with van der Waals surface area (Å²) in [5.74, 6) is 0.701. The number of nitrogen functional groups attached to an aromatic ring is 1. The van der Waals surface area contributed by atoms with Crippen LogP contribution in [0.25, 0.3) is 0 Å². The maximum absolute atomic E-state index is 5.78. The lowest BCUT2D eigenvalue weighted by Crippen LogP contribution is -2.02. The summed E-state index contributed by atoms with van der Waals surface area (Å²) in [7, 11) is 0. The Hall–Kier alpha value is -2.03. The van der Waals surface area contributed by atoms with Gasteiger partial charge in [0, 0.05) is 6.20 Å². The Labute approximate surface area is 94.9 Å². The van der Waals surface area contributed by atoms with Crippen LogP contribution in [0.15, 0.2) is 42.6 Å². The molecule has 82 valence electrons. The number of benzene rings is 1. The smallest absolute Gasteiger partial charge is 0.142 e. The van der Waals surface area contributed by atoms with Gasteiger partial charge in [0.1, 0.15) is 12.4 Å². The minimum absolute atomic E-state index is 0.445. The van der Waals surface area contributed by atoms with Crippen LogP contribution < -0.4 is 10.5 Å². The van der Waals surface area contributed by atoms with Crippen molar-refractivity contribution in [2.24, 2.45) is 0 Å². The van der Waals surface area contributed by atoms with Crippen LogP contribution in [0, 0.1) is 6.92 Å². The van der Waals surface area contributed by atoms with Crippen LogP contribution in [0.4, 0.5) is 5.69 Å². The quantitative estimate of drug-likeness (QED) is 0.799. The summed E-state index contributed by atoms with van der Waals surface area (Å²) in [6.07, 6.45) is 1.76. The number of aryl methyl sites for hydroxylation is 1. The zero-order chi connectivity index (χ0) is 11.4. The van der Waals surface area contributed by atoms with Gasteiger partial charge in [-0.15, -0.1) is 0 Å². The Morgan fingerprint density at radius 3 is 2.75 bits per heavy atom. The molecule has 0 amide bonds. The van der Waals surface area contributed by atoms with Gasteiger partial charge >= 0.3 is 0 Å². The molecule has 0 atom stereocenters. The molecule has 3 heteroatoms. The average Bonchev–Trinajstić information content (AvgIpc) is 2.30. The van der Waals surface area contributed by atoms with Gasteiger partial charge < -0.3 is 10.5 Å². The van der Waals surface area contributed by atoms with Crippen LogP contribution in [-0.4, -0.2) is 4.98 Å². The molecule has 1 aromatic carbocycles. The topological polar surface area (TPSA) is 48.1 Å². The highest BCUT2D eigenvalue weighted by Gasteiger charge is 2.02. The molecule has 0 saturated heterocycles. The zero-order valence-electron chi connectivity index (χ0n) is 9.18. The Balaban J connectivity index is 2.09. The minimum atomic E-state index is 0.445. The molecule has 2 N–H and O–H groups in total. The molecule has 0 saturated carbocycles. The summed E-state index contributed by atoms with van der Waals surface area (Å²) in [4.78, 5) is 4.26. The fraction of sp³-hybridized carbons (Fsp3) is 0.154. The molecule has 0 radical (unpaired) electrons. The molecule has 16 heavy (non-hydrogen) atoms. The van der Waals surface area contributed by atoms with E-state index in [1.807, 2.05) is 43.3 Å². The Kier molecular flexibility index (Phi) is 3.05. The predicted octanol–water partition coefficient (Wildman–Crippen LogP) is 2.55. The highest BCUT2D eigenvalue weighted by Crippen LogP contribution is 2.21. The SMILES string of the molecule is Cc1cccnc1COc1ccccc1N. The number of rotatable bonds is 3. The third kappa shape index (κ3) is 2.31. The lowest BCUT2D eigenvalue weighted by atomic mass is 10.2. The van der Waals surface area contributed by atoms with Crippen LogP contribution in [-0.2, 0) is 6.61 Å². The van der Waals surface area contributed by atoms with E-state index in [0.717, 1.165) is 11.3 Å². The van der Waals surface area contributed by atoms with E-state index < -0.39 is 0 Å². The summed E-state index contributed by atoms with van der Waals surface area (Å²) in [6.45, 7) is 2.46. The zero-order valence-corrected chi connectivity index (χ0v) is 9.18. The number of aromatic nitrogens is 1. The van der Waals surface area contributed by atoms with Crippen LogP contribution in [0.2, 0.25) is 0 Å². The van der Waals surface area contributed by atoms with Crippen molar-refractivity contribution in [1.29, 1.82) is 0 Å². The predicted molar refractivity (Wildman–Crippen MR) is 64.2 cm³/mol. The molecule has 3 nitrogen and oxygen atoms in total. The first-order valence-electron chi connectivity index (χ1n) is 5.15. The lowest BCUT2D eigenvalue weighted by Gasteiger charge is -2.09. The molecule has 1 heterocycles. The first-order valence-corrected chi connectivity index (χ1v) is 5.15. The number of hydrogen-bond donors (Lipinski definition) is 1. The fourth-order valence-corrected chi connectivity index (χ4v) is 1.43. The van der Waals surface area contributed by atoms with Crippen molar-refractivity contribution in [2.75, 3.05) is 5.73 Å². The fourth-order valence-electron chi connectivity index (χ4n) is 1.43. The molecule has 2 rings (SSSR count). The van der Waals surface area contributed by atoms with Gasteiger partial charge in [-0.1, -0.05) is 18.2 Å². The molecule has 0 fully saturated rings. The number of hydrogen-bond acceptors (Lipinski definition) is 3. The first-order chi connectivity index (χ1) is 7.77. The number of nitrogens with zero attached hydrogens (tertiary/aromatic N) is 1. The molecule has 1 aromatic heterocycles. The second kappa shape index (κ2) is 4.66. The van der Waals surface area contributed by atoms with Gasteiger partial charge in [0.15, 0.2) is 0 Å². The van der Waals surface area contributed by atoms with Gasteiger partial charge in [-0.2, -0.15) is 0 Å². The average molecular weight is 214 g/mol. The van der Waals surface area contributed by atoms with Gasteiger partial charge in [-0.05, 0) is 30.7 Å². The monoisotopic (exact) mass is 214 g/mol. The molecule has 0 bridgehead atoms. The van der Waals surface area contributed by atoms with E-state index in [-0.39, 0.29) is 0 Å². The molecular weight excluding hydrogens is 200 g/mol. The molecule has 2 aromatic rings. The summed E-state index contributed by atoms with van der Waals surface area (Å²) >= 11 is 0. The van der Waals surface area contributed by atoms with Crippen molar-refractivity contribution in [3.8, 4) is 5.75 Å². The number of pyridine rings is 1. The number of para-hydroxylation sites is 2. The van der Waals surface area contributed by atoms with Crippen LogP contribution in [0.5, 0.6) is 5.75 Å². The Bertz CT molecular complexity index is 437. The molecular formula is C13H14N2O. The maximum Gasteiger partial charge on any atom is 0.142 e. The van der Waals surface area contributed by atoms with E-state index >= 15 is 0 Å². The van der Waals surface area contributed by atoms with E-state index in [4.69, 9.17) is 10.5 Å². The van der Waals surface area contributed by atoms with E-state index in [2.05, 4.69) is 4.98 Å². The molecule has 0 spiro atoms. The van der Waals surface area contributed by atoms with Crippen molar-refractivity contribution in [3.05, 3.63) is 53.9 Å². The Morgan fingerprint density at radius 1 is 1.19 bits per heavy atom. The second-order valence-corrected chi connectivity index (χ2v) is 3.59. The standard InChI is InChI=1S/C13H14N2O/c1-10-5-4-8-15-12(10)9-16-13-7-3-2-6-11(13)14/h2-8H,9,14H2,1H3. The van der Waals surface area contributed by atoms with Crippen molar-refractivity contribution in [2.45, 2.75) is 13.5 Å². The highest BCUT2D eigenvalue weighted by molar-refractivity contribution is 5.51. The van der Waals surface area contributed by atoms with E-state index in [0.29, 0.717) is 18.0 Å². The summed E-state index contributed by atoms with van der Waals surface area (Å²) < 4.78 is 5.62. The van der Waals surface area contributed by atoms with Gasteiger partial charge in [0.25, 0.3) is 0 Å². The third-order valence-electron chi connectivity index (χ3n) is 2.40. The van der Waals surface area contributed by atoms with Gasteiger partial charge in [0.2, 0.25) is 0 Å². The van der Waals surface area contributed by atoms with Gasteiger partial charge in [0.05, 0.1) is 11.4 Å². The maximum atomic E-state index is 5.78. The number of anilines is 1. The number of nitrogens with two attached hydrogens (primary N) is 1.